The number of aromatic nitrogens is 1. The molecule has 0 saturated heterocycles. The summed E-state index contributed by atoms with van der Waals surface area (Å²) in [6.45, 7) is 5.65. The zero-order valence-electron chi connectivity index (χ0n) is 16.4. The summed E-state index contributed by atoms with van der Waals surface area (Å²) in [5.74, 6) is -0.220. The number of carbonyl (C=O) groups excluding carboxylic acids is 1. The summed E-state index contributed by atoms with van der Waals surface area (Å²) >= 11 is 7.57. The van der Waals surface area contributed by atoms with Crippen LogP contribution in [0.5, 0.6) is 0 Å². The van der Waals surface area contributed by atoms with Crippen molar-refractivity contribution < 1.29 is 4.79 Å². The van der Waals surface area contributed by atoms with Gasteiger partial charge in [0.1, 0.15) is 16.3 Å². The molecule has 6 heteroatoms. The van der Waals surface area contributed by atoms with Crippen LogP contribution in [0.3, 0.4) is 0 Å². The third-order valence-electron chi connectivity index (χ3n) is 4.46. The van der Waals surface area contributed by atoms with Crippen molar-refractivity contribution >= 4 is 35.0 Å². The number of pyridine rings is 1. The van der Waals surface area contributed by atoms with Gasteiger partial charge in [0.2, 0.25) is 5.91 Å². The van der Waals surface area contributed by atoms with Crippen LogP contribution in [0.25, 0.3) is 0 Å². The van der Waals surface area contributed by atoms with Gasteiger partial charge in [0, 0.05) is 5.69 Å². The Morgan fingerprint density at radius 3 is 2.48 bits per heavy atom. The first-order valence-electron chi connectivity index (χ1n) is 9.06. The molecule has 3 rings (SSSR count). The van der Waals surface area contributed by atoms with Crippen molar-refractivity contribution in [1.29, 1.82) is 5.26 Å². The van der Waals surface area contributed by atoms with E-state index in [1.807, 2.05) is 69.3 Å². The third-order valence-corrected chi connectivity index (χ3v) is 6.02. The fraction of sp³-hybridized carbons (Fsp3) is 0.174. The van der Waals surface area contributed by atoms with E-state index in [0.29, 0.717) is 21.3 Å². The van der Waals surface area contributed by atoms with Crippen molar-refractivity contribution in [2.75, 3.05) is 5.32 Å². The normalized spacial score (nSPS) is 11.6. The monoisotopic (exact) mass is 421 g/mol. The fourth-order valence-electron chi connectivity index (χ4n) is 3.02. The summed E-state index contributed by atoms with van der Waals surface area (Å²) in [5, 5.41) is 13.0. The predicted molar refractivity (Wildman–Crippen MR) is 118 cm³/mol. The average molecular weight is 422 g/mol. The van der Waals surface area contributed by atoms with Crippen LogP contribution >= 0.6 is 23.4 Å². The van der Waals surface area contributed by atoms with Crippen molar-refractivity contribution in [3.8, 4) is 6.07 Å². The Balaban J connectivity index is 2.01. The molecule has 1 amide bonds. The largest absolute Gasteiger partial charge is 0.323 e. The van der Waals surface area contributed by atoms with Gasteiger partial charge in [0.05, 0.1) is 16.3 Å². The van der Waals surface area contributed by atoms with Crippen LogP contribution in [0.15, 0.2) is 59.6 Å². The number of nitrogens with one attached hydrogen (secondary N) is 1. The number of nitrogens with zero attached hydrogens (tertiary/aromatic N) is 2. The van der Waals surface area contributed by atoms with Crippen molar-refractivity contribution in [2.24, 2.45) is 0 Å². The van der Waals surface area contributed by atoms with E-state index in [1.165, 1.54) is 11.8 Å². The van der Waals surface area contributed by atoms with E-state index in [4.69, 9.17) is 11.6 Å². The van der Waals surface area contributed by atoms with Gasteiger partial charge < -0.3 is 5.32 Å². The Kier molecular flexibility index (Phi) is 6.58. The van der Waals surface area contributed by atoms with E-state index < -0.39 is 5.25 Å². The van der Waals surface area contributed by atoms with Gasteiger partial charge >= 0.3 is 0 Å². The first-order chi connectivity index (χ1) is 13.9. The van der Waals surface area contributed by atoms with Gasteiger partial charge in [0.15, 0.2) is 0 Å². The van der Waals surface area contributed by atoms with Crippen LogP contribution in [0, 0.1) is 32.1 Å². The zero-order chi connectivity index (χ0) is 21.0. The minimum atomic E-state index is -0.590. The van der Waals surface area contributed by atoms with Crippen LogP contribution in [0.2, 0.25) is 5.02 Å². The Morgan fingerprint density at radius 1 is 1.10 bits per heavy atom. The van der Waals surface area contributed by atoms with E-state index in [2.05, 4.69) is 16.4 Å². The molecule has 0 spiro atoms. The van der Waals surface area contributed by atoms with Crippen LogP contribution < -0.4 is 5.32 Å². The lowest BCUT2D eigenvalue weighted by Crippen LogP contribution is -2.20. The molecular weight excluding hydrogens is 402 g/mol. The highest BCUT2D eigenvalue weighted by Crippen LogP contribution is 2.38. The predicted octanol–water partition coefficient (Wildman–Crippen LogP) is 6.00. The zero-order valence-corrected chi connectivity index (χ0v) is 17.9. The summed E-state index contributed by atoms with van der Waals surface area (Å²) in [6.07, 6.45) is 0. The third kappa shape index (κ3) is 4.79. The van der Waals surface area contributed by atoms with Gasteiger partial charge in [-0.25, -0.2) is 4.98 Å². The molecule has 0 saturated carbocycles. The molecule has 1 aromatic heterocycles. The second-order valence-corrected chi connectivity index (χ2v) is 8.20. The first kappa shape index (κ1) is 20.9. The lowest BCUT2D eigenvalue weighted by atomic mass is 10.1. The maximum atomic E-state index is 13.3. The molecule has 4 nitrogen and oxygen atoms in total. The molecule has 1 heterocycles. The molecule has 29 heavy (non-hydrogen) atoms. The van der Waals surface area contributed by atoms with Crippen molar-refractivity contribution in [3.05, 3.63) is 87.6 Å². The average Bonchev–Trinajstić information content (AvgIpc) is 2.69. The highest BCUT2D eigenvalue weighted by Gasteiger charge is 2.25. The maximum Gasteiger partial charge on any atom is 0.242 e. The summed E-state index contributed by atoms with van der Waals surface area (Å²) < 4.78 is 0. The van der Waals surface area contributed by atoms with Gasteiger partial charge in [-0.2, -0.15) is 5.26 Å². The van der Waals surface area contributed by atoms with Gasteiger partial charge in [-0.05, 0) is 49.6 Å². The number of hydrogen-bond acceptors (Lipinski definition) is 4. The number of thioether (sulfide) groups is 1. The van der Waals surface area contributed by atoms with E-state index in [1.54, 1.807) is 6.07 Å². The summed E-state index contributed by atoms with van der Waals surface area (Å²) in [4.78, 5) is 17.8. The Hall–Kier alpha value is -2.81. The van der Waals surface area contributed by atoms with Gasteiger partial charge in [-0.1, -0.05) is 65.8 Å². The second kappa shape index (κ2) is 9.13. The second-order valence-electron chi connectivity index (χ2n) is 6.70. The van der Waals surface area contributed by atoms with Gasteiger partial charge in [-0.3, -0.25) is 4.79 Å². The van der Waals surface area contributed by atoms with E-state index in [-0.39, 0.29) is 5.91 Å². The lowest BCUT2D eigenvalue weighted by molar-refractivity contribution is -0.115. The molecule has 0 bridgehead atoms. The molecule has 146 valence electrons. The first-order valence-corrected chi connectivity index (χ1v) is 10.3. The van der Waals surface area contributed by atoms with Crippen molar-refractivity contribution in [1.82, 2.24) is 4.98 Å². The van der Waals surface area contributed by atoms with E-state index in [9.17, 15) is 10.1 Å². The van der Waals surface area contributed by atoms with Crippen LogP contribution in [0.4, 0.5) is 5.69 Å². The molecule has 1 atom stereocenters. The van der Waals surface area contributed by atoms with Gasteiger partial charge in [0.25, 0.3) is 0 Å². The summed E-state index contributed by atoms with van der Waals surface area (Å²) in [5.41, 5.74) is 4.43. The Morgan fingerprint density at radius 2 is 1.83 bits per heavy atom. The molecule has 0 radical (unpaired) electrons. The molecule has 0 aliphatic heterocycles. The van der Waals surface area contributed by atoms with E-state index in [0.717, 1.165) is 22.4 Å². The molecule has 0 unspecified atom stereocenters. The number of aryl methyl sites for hydroxylation is 3. The summed E-state index contributed by atoms with van der Waals surface area (Å²) in [7, 11) is 0. The lowest BCUT2D eigenvalue weighted by Gasteiger charge is -2.19. The number of carbonyl (C=O) groups is 1. The van der Waals surface area contributed by atoms with Crippen LogP contribution in [-0.2, 0) is 4.79 Å². The molecule has 3 aromatic rings. The number of halogens is 1. The summed E-state index contributed by atoms with van der Waals surface area (Å²) in [6, 6.07) is 19.0. The molecule has 1 N–H and O–H groups in total. The molecule has 0 aliphatic rings. The van der Waals surface area contributed by atoms with Crippen molar-refractivity contribution in [3.63, 3.8) is 0 Å². The maximum absolute atomic E-state index is 13.3. The highest BCUT2D eigenvalue weighted by atomic mass is 35.5. The number of rotatable bonds is 5. The number of nitriles is 1. The van der Waals surface area contributed by atoms with Crippen molar-refractivity contribution in [2.45, 2.75) is 31.0 Å². The minimum absolute atomic E-state index is 0.220. The highest BCUT2D eigenvalue weighted by molar-refractivity contribution is 8.00. The molecule has 0 fully saturated rings. The van der Waals surface area contributed by atoms with Crippen LogP contribution in [0.1, 0.15) is 33.2 Å². The molecular formula is C23H20ClN3OS. The number of para-hydroxylation sites is 1. The Bertz CT molecular complexity index is 1070. The van der Waals surface area contributed by atoms with Gasteiger partial charge in [-0.15, -0.1) is 0 Å². The number of benzene rings is 2. The molecule has 2 aromatic carbocycles. The van der Waals surface area contributed by atoms with Crippen LogP contribution in [-0.4, -0.2) is 10.9 Å². The molecule has 0 aliphatic carbocycles. The van der Waals surface area contributed by atoms with E-state index >= 15 is 0 Å². The SMILES string of the molecule is Cc1cc(C)c(C#N)c(S[C@H](C(=O)Nc2c(C)cccc2Cl)c2ccccc2)n1. The standard InChI is InChI=1S/C23H20ClN3OS/c1-14-8-7-11-19(24)20(14)27-22(28)21(17-9-5-4-6-10-17)29-23-18(13-25)15(2)12-16(3)26-23/h4-12,21H,1-3H3,(H,27,28)/t21-/m0/s1. The number of hydrogen-bond donors (Lipinski definition) is 1. The smallest absolute Gasteiger partial charge is 0.242 e. The minimum Gasteiger partial charge on any atom is -0.323 e. The quantitative estimate of drug-likeness (QED) is 0.512. The number of anilines is 1. The number of amides is 1. The topological polar surface area (TPSA) is 65.8 Å². The Labute approximate surface area is 179 Å². The fourth-order valence-corrected chi connectivity index (χ4v) is 4.49.